The van der Waals surface area contributed by atoms with Crippen molar-refractivity contribution in [3.8, 4) is 5.75 Å². The minimum Gasteiger partial charge on any atom is -0.488 e. The van der Waals surface area contributed by atoms with E-state index in [0.29, 0.717) is 28.0 Å². The third-order valence-electron chi connectivity index (χ3n) is 2.79. The van der Waals surface area contributed by atoms with Gasteiger partial charge in [0.2, 0.25) is 0 Å². The summed E-state index contributed by atoms with van der Waals surface area (Å²) in [5.74, 6) is 0.690. The van der Waals surface area contributed by atoms with Crippen molar-refractivity contribution in [1.82, 2.24) is 5.16 Å². The van der Waals surface area contributed by atoms with E-state index in [9.17, 15) is 0 Å². The van der Waals surface area contributed by atoms with Crippen LogP contribution in [0, 0.1) is 0 Å². The van der Waals surface area contributed by atoms with Gasteiger partial charge in [0.1, 0.15) is 12.4 Å². The molecule has 5 heteroatoms. The molecule has 0 aliphatic carbocycles. The topological polar surface area (TPSA) is 35.3 Å². The standard InChI is InChI=1S/C14H9Cl2NO2/c15-11-3-1-4-12(16)10(11)8-18-13-5-2-6-14-9(13)7-17-19-14/h1-7H,8H2. The van der Waals surface area contributed by atoms with Crippen LogP contribution in [-0.4, -0.2) is 5.16 Å². The Labute approximate surface area is 119 Å². The molecular weight excluding hydrogens is 285 g/mol. The highest BCUT2D eigenvalue weighted by molar-refractivity contribution is 6.35. The van der Waals surface area contributed by atoms with Gasteiger partial charge in [-0.05, 0) is 24.3 Å². The second-order valence-corrected chi connectivity index (χ2v) is 4.80. The smallest absolute Gasteiger partial charge is 0.170 e. The maximum atomic E-state index is 6.10. The Morgan fingerprint density at radius 3 is 2.58 bits per heavy atom. The summed E-state index contributed by atoms with van der Waals surface area (Å²) in [4.78, 5) is 0. The summed E-state index contributed by atoms with van der Waals surface area (Å²) in [7, 11) is 0. The lowest BCUT2D eigenvalue weighted by Gasteiger charge is -2.09. The summed E-state index contributed by atoms with van der Waals surface area (Å²) in [5.41, 5.74) is 1.45. The molecule has 0 radical (unpaired) electrons. The molecule has 0 atom stereocenters. The summed E-state index contributed by atoms with van der Waals surface area (Å²) >= 11 is 12.2. The number of nitrogens with zero attached hydrogens (tertiary/aromatic N) is 1. The molecule has 0 spiro atoms. The van der Waals surface area contributed by atoms with Crippen LogP contribution in [0.15, 0.2) is 47.1 Å². The van der Waals surface area contributed by atoms with Crippen LogP contribution in [0.1, 0.15) is 5.56 Å². The number of aromatic nitrogens is 1. The van der Waals surface area contributed by atoms with E-state index in [4.69, 9.17) is 32.5 Å². The largest absolute Gasteiger partial charge is 0.488 e. The molecule has 3 aromatic rings. The van der Waals surface area contributed by atoms with E-state index in [1.165, 1.54) is 0 Å². The molecule has 19 heavy (non-hydrogen) atoms. The van der Waals surface area contributed by atoms with Gasteiger partial charge in [-0.25, -0.2) is 0 Å². The highest BCUT2D eigenvalue weighted by Gasteiger charge is 2.09. The first-order chi connectivity index (χ1) is 9.25. The summed E-state index contributed by atoms with van der Waals surface area (Å²) in [6.07, 6.45) is 1.62. The molecule has 1 aromatic heterocycles. The van der Waals surface area contributed by atoms with Crippen LogP contribution in [0.3, 0.4) is 0 Å². The second-order valence-electron chi connectivity index (χ2n) is 3.98. The van der Waals surface area contributed by atoms with E-state index < -0.39 is 0 Å². The zero-order valence-corrected chi connectivity index (χ0v) is 11.3. The lowest BCUT2D eigenvalue weighted by Crippen LogP contribution is -1.97. The van der Waals surface area contributed by atoms with E-state index in [-0.39, 0.29) is 0 Å². The van der Waals surface area contributed by atoms with Gasteiger partial charge in [-0.2, -0.15) is 0 Å². The summed E-state index contributed by atoms with van der Waals surface area (Å²) in [5, 5.41) is 5.75. The molecule has 0 unspecified atom stereocenters. The number of hydrogen-bond acceptors (Lipinski definition) is 3. The summed E-state index contributed by atoms with van der Waals surface area (Å²) in [6.45, 7) is 0.294. The Kier molecular flexibility index (Phi) is 3.32. The van der Waals surface area contributed by atoms with Crippen LogP contribution >= 0.6 is 23.2 Å². The van der Waals surface area contributed by atoms with Gasteiger partial charge in [-0.3, -0.25) is 0 Å². The highest BCUT2D eigenvalue weighted by atomic mass is 35.5. The number of rotatable bonds is 3. The number of ether oxygens (including phenoxy) is 1. The fourth-order valence-corrected chi connectivity index (χ4v) is 2.32. The van der Waals surface area contributed by atoms with E-state index in [1.807, 2.05) is 18.2 Å². The first kappa shape index (κ1) is 12.3. The first-order valence-corrected chi connectivity index (χ1v) is 6.40. The molecule has 3 rings (SSSR count). The fraction of sp³-hybridized carbons (Fsp3) is 0.0714. The quantitative estimate of drug-likeness (QED) is 0.701. The van der Waals surface area contributed by atoms with Gasteiger partial charge < -0.3 is 9.26 Å². The molecule has 96 valence electrons. The van der Waals surface area contributed by atoms with Crippen LogP contribution in [0.4, 0.5) is 0 Å². The van der Waals surface area contributed by atoms with Crippen molar-refractivity contribution in [2.75, 3.05) is 0 Å². The third-order valence-corrected chi connectivity index (χ3v) is 3.50. The Morgan fingerprint density at radius 2 is 1.79 bits per heavy atom. The van der Waals surface area contributed by atoms with Crippen molar-refractivity contribution in [3.63, 3.8) is 0 Å². The Balaban J connectivity index is 1.88. The van der Waals surface area contributed by atoms with Crippen LogP contribution in [-0.2, 0) is 6.61 Å². The van der Waals surface area contributed by atoms with Gasteiger partial charge in [0.25, 0.3) is 0 Å². The van der Waals surface area contributed by atoms with Gasteiger partial charge in [0, 0.05) is 15.6 Å². The van der Waals surface area contributed by atoms with Crippen LogP contribution in [0.2, 0.25) is 10.0 Å². The summed E-state index contributed by atoms with van der Waals surface area (Å²) in [6, 6.07) is 10.9. The summed E-state index contributed by atoms with van der Waals surface area (Å²) < 4.78 is 10.8. The number of hydrogen-bond donors (Lipinski definition) is 0. The van der Waals surface area contributed by atoms with Gasteiger partial charge in [-0.15, -0.1) is 0 Å². The van der Waals surface area contributed by atoms with Crippen molar-refractivity contribution >= 4 is 34.2 Å². The molecule has 0 amide bonds. The van der Waals surface area contributed by atoms with Crippen molar-refractivity contribution in [2.24, 2.45) is 0 Å². The molecule has 0 saturated heterocycles. The van der Waals surface area contributed by atoms with Gasteiger partial charge in [-0.1, -0.05) is 40.5 Å². The van der Waals surface area contributed by atoms with Crippen molar-refractivity contribution in [2.45, 2.75) is 6.61 Å². The molecule has 0 N–H and O–H groups in total. The predicted octanol–water partition coefficient (Wildman–Crippen LogP) is 4.71. The lowest BCUT2D eigenvalue weighted by molar-refractivity contribution is 0.310. The number of benzene rings is 2. The third kappa shape index (κ3) is 2.39. The van der Waals surface area contributed by atoms with E-state index in [1.54, 1.807) is 24.4 Å². The fourth-order valence-electron chi connectivity index (χ4n) is 1.81. The molecule has 1 heterocycles. The van der Waals surface area contributed by atoms with Crippen LogP contribution < -0.4 is 4.74 Å². The number of fused-ring (bicyclic) bond motifs is 1. The second kappa shape index (κ2) is 5.11. The lowest BCUT2D eigenvalue weighted by atomic mass is 10.2. The zero-order valence-electron chi connectivity index (χ0n) is 9.77. The van der Waals surface area contributed by atoms with E-state index in [0.717, 1.165) is 10.9 Å². The normalized spacial score (nSPS) is 10.8. The molecule has 0 fully saturated rings. The predicted molar refractivity (Wildman–Crippen MR) is 74.8 cm³/mol. The maximum absolute atomic E-state index is 6.10. The van der Waals surface area contributed by atoms with Crippen molar-refractivity contribution < 1.29 is 9.26 Å². The van der Waals surface area contributed by atoms with Crippen LogP contribution in [0.5, 0.6) is 5.75 Å². The van der Waals surface area contributed by atoms with Crippen LogP contribution in [0.25, 0.3) is 11.0 Å². The molecule has 2 aromatic carbocycles. The Hall–Kier alpha value is -1.71. The molecule has 0 saturated carbocycles. The van der Waals surface area contributed by atoms with Gasteiger partial charge in [0.15, 0.2) is 5.58 Å². The zero-order chi connectivity index (χ0) is 13.2. The van der Waals surface area contributed by atoms with Crippen molar-refractivity contribution in [1.29, 1.82) is 0 Å². The molecule has 0 aliphatic rings. The minimum atomic E-state index is 0.294. The number of halogens is 2. The average Bonchev–Trinajstić information content (AvgIpc) is 2.87. The maximum Gasteiger partial charge on any atom is 0.170 e. The first-order valence-electron chi connectivity index (χ1n) is 5.65. The average molecular weight is 294 g/mol. The highest BCUT2D eigenvalue weighted by Crippen LogP contribution is 2.29. The molecular formula is C14H9Cl2NO2. The van der Waals surface area contributed by atoms with E-state index >= 15 is 0 Å². The Morgan fingerprint density at radius 1 is 1.05 bits per heavy atom. The SMILES string of the molecule is Clc1cccc(Cl)c1COc1cccc2oncc12. The minimum absolute atomic E-state index is 0.294. The van der Waals surface area contributed by atoms with Gasteiger partial charge in [0.05, 0.1) is 11.6 Å². The molecule has 0 aliphatic heterocycles. The Bertz CT molecular complexity index is 704. The van der Waals surface area contributed by atoms with E-state index in [2.05, 4.69) is 5.16 Å². The monoisotopic (exact) mass is 293 g/mol. The molecule has 3 nitrogen and oxygen atoms in total. The van der Waals surface area contributed by atoms with Gasteiger partial charge >= 0.3 is 0 Å². The molecule has 0 bridgehead atoms. The van der Waals surface area contributed by atoms with Crippen molar-refractivity contribution in [3.05, 3.63) is 58.2 Å².